The normalized spacial score (nSPS) is 26.9. The fourth-order valence-electron chi connectivity index (χ4n) is 7.93. The molecule has 45 heavy (non-hydrogen) atoms. The first-order valence-electron chi connectivity index (χ1n) is 16.5. The molecule has 3 saturated heterocycles. The number of aliphatic carboxylic acids is 1. The van der Waals surface area contributed by atoms with Crippen LogP contribution in [0.5, 0.6) is 0 Å². The maximum absolute atomic E-state index is 13.9. The van der Waals surface area contributed by atoms with Gasteiger partial charge in [0.2, 0.25) is 17.7 Å². The maximum atomic E-state index is 13.9. The summed E-state index contributed by atoms with van der Waals surface area (Å²) in [4.78, 5) is 58.8. The number of carboxylic acid groups (broad SMARTS) is 1. The molecule has 2 aromatic carbocycles. The van der Waals surface area contributed by atoms with Gasteiger partial charge in [0.05, 0.1) is 17.9 Å². The summed E-state index contributed by atoms with van der Waals surface area (Å²) >= 11 is 0. The van der Waals surface area contributed by atoms with Crippen LogP contribution in [-0.2, 0) is 19.2 Å². The largest absolute Gasteiger partial charge is 0.480 e. The highest BCUT2D eigenvalue weighted by atomic mass is 16.4. The van der Waals surface area contributed by atoms with E-state index in [-0.39, 0.29) is 36.5 Å². The smallest absolute Gasteiger partial charge is 0.326 e. The minimum absolute atomic E-state index is 0.0319. The van der Waals surface area contributed by atoms with Gasteiger partial charge in [0.1, 0.15) is 6.04 Å². The third kappa shape index (κ3) is 6.69. The number of benzene rings is 2. The molecule has 6 rings (SSSR count). The zero-order valence-corrected chi connectivity index (χ0v) is 25.8. The highest BCUT2D eigenvalue weighted by Gasteiger charge is 2.58. The van der Waals surface area contributed by atoms with Gasteiger partial charge in [-0.15, -0.1) is 0 Å². The van der Waals surface area contributed by atoms with E-state index in [1.165, 1.54) is 37.0 Å². The lowest BCUT2D eigenvalue weighted by Crippen LogP contribution is -2.68. The molecule has 1 unspecified atom stereocenters. The van der Waals surface area contributed by atoms with Gasteiger partial charge < -0.3 is 20.2 Å². The van der Waals surface area contributed by atoms with Crippen LogP contribution < -0.4 is 5.32 Å². The highest BCUT2D eigenvalue weighted by Crippen LogP contribution is 2.44. The first-order valence-corrected chi connectivity index (χ1v) is 16.5. The quantitative estimate of drug-likeness (QED) is 0.396. The predicted octanol–water partition coefficient (Wildman–Crippen LogP) is 3.77. The number of hydrogen-bond donors (Lipinski definition) is 2. The van der Waals surface area contributed by atoms with Crippen LogP contribution in [0.1, 0.15) is 62.0 Å². The number of β-lactam (4-membered cyclic amide) rings is 1. The first-order chi connectivity index (χ1) is 21.9. The number of carbonyl (C=O) groups is 4. The van der Waals surface area contributed by atoms with E-state index in [1.807, 2.05) is 77.7 Å². The van der Waals surface area contributed by atoms with Crippen LogP contribution in [0.4, 0.5) is 0 Å². The molecule has 9 nitrogen and oxygen atoms in total. The third-order valence-corrected chi connectivity index (χ3v) is 10.4. The molecule has 3 aliphatic heterocycles. The first kappa shape index (κ1) is 31.0. The van der Waals surface area contributed by atoms with Crippen molar-refractivity contribution in [1.29, 1.82) is 0 Å². The number of piperazine rings is 1. The number of nitrogens with one attached hydrogen (secondary N) is 1. The van der Waals surface area contributed by atoms with E-state index in [2.05, 4.69) is 10.2 Å². The molecule has 3 amide bonds. The molecule has 0 spiro atoms. The summed E-state index contributed by atoms with van der Waals surface area (Å²) < 4.78 is 0. The molecule has 1 saturated carbocycles. The van der Waals surface area contributed by atoms with Crippen LogP contribution >= 0.6 is 0 Å². The van der Waals surface area contributed by atoms with Gasteiger partial charge in [-0.2, -0.15) is 0 Å². The minimum Gasteiger partial charge on any atom is -0.480 e. The zero-order valence-electron chi connectivity index (χ0n) is 25.8. The maximum Gasteiger partial charge on any atom is 0.326 e. The molecular weight excluding hydrogens is 568 g/mol. The van der Waals surface area contributed by atoms with Gasteiger partial charge in [0.15, 0.2) is 0 Å². The van der Waals surface area contributed by atoms with Gasteiger partial charge in [-0.05, 0) is 30.4 Å². The molecule has 4 fully saturated rings. The Labute approximate surface area is 265 Å². The topological polar surface area (TPSA) is 110 Å². The number of carbonyl (C=O) groups excluding carboxylic acids is 3. The van der Waals surface area contributed by atoms with Crippen molar-refractivity contribution in [1.82, 2.24) is 20.0 Å². The summed E-state index contributed by atoms with van der Waals surface area (Å²) in [7, 11) is 0. The average Bonchev–Trinajstić information content (AvgIpc) is 3.45. The molecule has 3 heterocycles. The molecule has 5 atom stereocenters. The van der Waals surface area contributed by atoms with E-state index >= 15 is 0 Å². The van der Waals surface area contributed by atoms with Crippen molar-refractivity contribution < 1.29 is 24.3 Å². The van der Waals surface area contributed by atoms with Crippen molar-refractivity contribution in [2.45, 2.75) is 69.0 Å². The predicted molar refractivity (Wildman–Crippen MR) is 171 cm³/mol. The number of amides is 3. The number of nitrogens with zero attached hydrogens (tertiary/aromatic N) is 3. The van der Waals surface area contributed by atoms with Gasteiger partial charge >= 0.3 is 5.97 Å². The van der Waals surface area contributed by atoms with E-state index in [1.54, 1.807) is 0 Å². The van der Waals surface area contributed by atoms with Crippen LogP contribution in [0, 0.1) is 11.8 Å². The van der Waals surface area contributed by atoms with E-state index in [0.717, 1.165) is 24.2 Å². The lowest BCUT2D eigenvalue weighted by molar-refractivity contribution is -0.172. The Morgan fingerprint density at radius 2 is 1.56 bits per heavy atom. The lowest BCUT2D eigenvalue weighted by Gasteiger charge is -2.51. The van der Waals surface area contributed by atoms with Crippen molar-refractivity contribution in [3.8, 4) is 0 Å². The minimum atomic E-state index is -1.16. The Morgan fingerprint density at radius 3 is 2.22 bits per heavy atom. The van der Waals surface area contributed by atoms with Gasteiger partial charge in [-0.1, -0.05) is 92.1 Å². The van der Waals surface area contributed by atoms with Gasteiger partial charge in [0.25, 0.3) is 0 Å². The van der Waals surface area contributed by atoms with Crippen molar-refractivity contribution in [3.63, 3.8) is 0 Å². The van der Waals surface area contributed by atoms with E-state index in [4.69, 9.17) is 0 Å². The molecular formula is C36H44N4O5. The Bertz CT molecular complexity index is 1380. The molecule has 9 heteroatoms. The molecule has 2 N–H and O–H groups in total. The number of rotatable bonds is 10. The number of likely N-dealkylation sites (tertiary alicyclic amines) is 1. The summed E-state index contributed by atoms with van der Waals surface area (Å²) in [5, 5.41) is 13.3. The van der Waals surface area contributed by atoms with Crippen molar-refractivity contribution in [2.75, 3.05) is 32.7 Å². The standard InChI is InChI=1S/C36H44N4O5/c41-31(39-22-20-38(21-23-39)27-14-8-3-9-15-27)19-18-30(36(44)45)40-29(17-16-25-10-4-1-5-11-25)33(35(40)43)32-28(24-37-34(32)42)26-12-6-2-7-13-26/h1-2,4-7,10-13,16-17,27-30,32-33H,3,8-9,14-15,18-24H2,(H,37,42)(H,44,45)/t28-,29-,30+,32?,33-/m1/s1. The van der Waals surface area contributed by atoms with E-state index in [9.17, 15) is 24.3 Å². The van der Waals surface area contributed by atoms with E-state index in [0.29, 0.717) is 25.7 Å². The van der Waals surface area contributed by atoms with Gasteiger partial charge in [-0.25, -0.2) is 4.79 Å². The fourth-order valence-corrected chi connectivity index (χ4v) is 7.93. The SMILES string of the molecule is O=C1NC[C@H](c2ccccc2)C1[C@@H]1C(=O)N([C@@H](CCC(=O)N2CCN(C3CCCCC3)CC2)C(=O)O)[C@@H]1C=Cc1ccccc1. The molecule has 238 valence electrons. The summed E-state index contributed by atoms with van der Waals surface area (Å²) in [6, 6.07) is 18.2. The monoisotopic (exact) mass is 612 g/mol. The Morgan fingerprint density at radius 1 is 0.889 bits per heavy atom. The van der Waals surface area contributed by atoms with Gasteiger partial charge in [-0.3, -0.25) is 19.3 Å². The van der Waals surface area contributed by atoms with Crippen LogP contribution in [0.25, 0.3) is 6.08 Å². The Kier molecular flexibility index (Phi) is 9.64. The lowest BCUT2D eigenvalue weighted by atomic mass is 9.70. The number of carboxylic acids is 1. The zero-order chi connectivity index (χ0) is 31.3. The second-order valence-electron chi connectivity index (χ2n) is 12.9. The molecule has 2 aromatic rings. The molecule has 0 radical (unpaired) electrons. The second-order valence-corrected chi connectivity index (χ2v) is 12.9. The highest BCUT2D eigenvalue weighted by molar-refractivity contribution is 5.97. The van der Waals surface area contributed by atoms with E-state index < -0.39 is 29.9 Å². The molecule has 0 aromatic heterocycles. The summed E-state index contributed by atoms with van der Waals surface area (Å²) in [5.74, 6) is -3.23. The summed E-state index contributed by atoms with van der Waals surface area (Å²) in [6.45, 7) is 3.43. The molecule has 1 aliphatic carbocycles. The van der Waals surface area contributed by atoms with Crippen molar-refractivity contribution in [3.05, 3.63) is 77.9 Å². The Hall–Kier alpha value is -3.98. The summed E-state index contributed by atoms with van der Waals surface area (Å²) in [6.07, 6.45) is 10.2. The third-order valence-electron chi connectivity index (χ3n) is 10.4. The second kappa shape index (κ2) is 14.0. The van der Waals surface area contributed by atoms with Crippen molar-refractivity contribution >= 4 is 29.8 Å². The van der Waals surface area contributed by atoms with Gasteiger partial charge in [0, 0.05) is 51.1 Å². The number of hydrogen-bond acceptors (Lipinski definition) is 5. The van der Waals surface area contributed by atoms with Crippen LogP contribution in [0.2, 0.25) is 0 Å². The average molecular weight is 613 g/mol. The molecule has 0 bridgehead atoms. The van der Waals surface area contributed by atoms with Crippen LogP contribution in [-0.4, -0.2) is 94.3 Å². The van der Waals surface area contributed by atoms with Crippen LogP contribution in [0.15, 0.2) is 66.7 Å². The fraction of sp³-hybridized carbons (Fsp3) is 0.500. The molecule has 4 aliphatic rings. The summed E-state index contributed by atoms with van der Waals surface area (Å²) in [5.41, 5.74) is 1.89. The Balaban J connectivity index is 1.17. The van der Waals surface area contributed by atoms with Crippen LogP contribution in [0.3, 0.4) is 0 Å². The van der Waals surface area contributed by atoms with Crippen molar-refractivity contribution in [2.24, 2.45) is 11.8 Å².